The number of nitrogens with zero attached hydrogens (tertiary/aromatic N) is 2. The number of benzene rings is 1. The monoisotopic (exact) mass is 357 g/mol. The second kappa shape index (κ2) is 6.34. The SMILES string of the molecule is CCc1ccc(Nc2nc(Cl)nc3sc4c(c23)CCC(C)C4)cc1. The Bertz CT molecular complexity index is 886. The molecule has 0 radical (unpaired) electrons. The van der Waals surface area contributed by atoms with Crippen LogP contribution in [0.4, 0.5) is 11.5 Å². The van der Waals surface area contributed by atoms with E-state index in [4.69, 9.17) is 11.6 Å². The Morgan fingerprint density at radius 1 is 1.25 bits per heavy atom. The molecule has 2 aromatic heterocycles. The summed E-state index contributed by atoms with van der Waals surface area (Å²) < 4.78 is 0. The van der Waals surface area contributed by atoms with Crippen molar-refractivity contribution in [3.63, 3.8) is 0 Å². The first-order valence-corrected chi connectivity index (χ1v) is 9.67. The van der Waals surface area contributed by atoms with Gasteiger partial charge in [-0.2, -0.15) is 4.98 Å². The van der Waals surface area contributed by atoms with E-state index >= 15 is 0 Å². The highest BCUT2D eigenvalue weighted by Crippen LogP contribution is 2.41. The molecule has 24 heavy (non-hydrogen) atoms. The molecular formula is C19H20ClN3S. The van der Waals surface area contributed by atoms with Crippen LogP contribution in [0.3, 0.4) is 0 Å². The molecule has 124 valence electrons. The van der Waals surface area contributed by atoms with Gasteiger partial charge in [-0.3, -0.25) is 0 Å². The van der Waals surface area contributed by atoms with Gasteiger partial charge in [-0.05, 0) is 66.5 Å². The second-order valence-corrected chi connectivity index (χ2v) is 7.97. The van der Waals surface area contributed by atoms with Gasteiger partial charge >= 0.3 is 0 Å². The predicted molar refractivity (Wildman–Crippen MR) is 103 cm³/mol. The van der Waals surface area contributed by atoms with Crippen LogP contribution in [0.25, 0.3) is 10.2 Å². The molecule has 0 saturated carbocycles. The molecule has 0 fully saturated rings. The summed E-state index contributed by atoms with van der Waals surface area (Å²) in [4.78, 5) is 11.4. The van der Waals surface area contributed by atoms with Crippen LogP contribution in [0.2, 0.25) is 5.28 Å². The third-order valence-corrected chi connectivity index (χ3v) is 6.07. The zero-order chi connectivity index (χ0) is 16.7. The number of aromatic nitrogens is 2. The van der Waals surface area contributed by atoms with Gasteiger partial charge < -0.3 is 5.32 Å². The molecular weight excluding hydrogens is 338 g/mol. The van der Waals surface area contributed by atoms with Crippen molar-refractivity contribution in [3.05, 3.63) is 45.6 Å². The van der Waals surface area contributed by atoms with Crippen molar-refractivity contribution in [2.45, 2.75) is 39.5 Å². The molecule has 1 atom stereocenters. The van der Waals surface area contributed by atoms with Crippen molar-refractivity contribution < 1.29 is 0 Å². The van der Waals surface area contributed by atoms with Crippen LogP contribution in [-0.4, -0.2) is 9.97 Å². The molecule has 0 spiro atoms. The minimum Gasteiger partial charge on any atom is -0.340 e. The Morgan fingerprint density at radius 2 is 2.04 bits per heavy atom. The largest absolute Gasteiger partial charge is 0.340 e. The van der Waals surface area contributed by atoms with Crippen LogP contribution in [0.1, 0.15) is 36.3 Å². The highest BCUT2D eigenvalue weighted by Gasteiger charge is 2.23. The van der Waals surface area contributed by atoms with Crippen LogP contribution in [-0.2, 0) is 19.3 Å². The molecule has 1 unspecified atom stereocenters. The maximum Gasteiger partial charge on any atom is 0.225 e. The van der Waals surface area contributed by atoms with E-state index in [0.717, 1.165) is 46.9 Å². The Hall–Kier alpha value is -1.65. The summed E-state index contributed by atoms with van der Waals surface area (Å²) in [6.45, 7) is 4.48. The molecule has 3 aromatic rings. The predicted octanol–water partition coefficient (Wildman–Crippen LogP) is 5.78. The molecule has 4 rings (SSSR count). The van der Waals surface area contributed by atoms with Crippen LogP contribution in [0.15, 0.2) is 24.3 Å². The van der Waals surface area contributed by atoms with Gasteiger partial charge in [0.05, 0.1) is 5.39 Å². The molecule has 1 aliphatic carbocycles. The molecule has 2 heterocycles. The summed E-state index contributed by atoms with van der Waals surface area (Å²) in [5, 5.41) is 4.92. The summed E-state index contributed by atoms with van der Waals surface area (Å²) in [5.74, 6) is 1.58. The number of halogens is 1. The lowest BCUT2D eigenvalue weighted by Crippen LogP contribution is -2.09. The van der Waals surface area contributed by atoms with Gasteiger partial charge in [-0.1, -0.05) is 26.0 Å². The topological polar surface area (TPSA) is 37.8 Å². The normalized spacial score (nSPS) is 17.0. The van der Waals surface area contributed by atoms with Gasteiger partial charge in [0.2, 0.25) is 5.28 Å². The minimum absolute atomic E-state index is 0.307. The first-order valence-electron chi connectivity index (χ1n) is 8.47. The number of hydrogen-bond acceptors (Lipinski definition) is 4. The Balaban J connectivity index is 1.78. The Kier molecular flexibility index (Phi) is 4.19. The number of rotatable bonds is 3. The molecule has 1 N–H and O–H groups in total. The summed E-state index contributed by atoms with van der Waals surface area (Å²) in [6.07, 6.45) is 4.51. The van der Waals surface area contributed by atoms with Crippen LogP contribution in [0.5, 0.6) is 0 Å². The van der Waals surface area contributed by atoms with Gasteiger partial charge in [0.1, 0.15) is 10.6 Å². The van der Waals surface area contributed by atoms with Gasteiger partial charge in [-0.15, -0.1) is 11.3 Å². The van der Waals surface area contributed by atoms with E-state index in [1.807, 2.05) is 0 Å². The summed E-state index contributed by atoms with van der Waals surface area (Å²) in [6, 6.07) is 8.49. The number of aryl methyl sites for hydroxylation is 2. The quantitative estimate of drug-likeness (QED) is 0.604. The molecule has 1 aliphatic rings. The maximum atomic E-state index is 6.17. The third-order valence-electron chi connectivity index (χ3n) is 4.75. The average Bonchev–Trinajstić information content (AvgIpc) is 2.92. The van der Waals surface area contributed by atoms with Crippen molar-refractivity contribution in [1.29, 1.82) is 0 Å². The summed E-state index contributed by atoms with van der Waals surface area (Å²) in [5.41, 5.74) is 3.78. The number of hydrogen-bond donors (Lipinski definition) is 1. The number of fused-ring (bicyclic) bond motifs is 3. The Morgan fingerprint density at radius 3 is 2.79 bits per heavy atom. The summed E-state index contributed by atoms with van der Waals surface area (Å²) >= 11 is 7.95. The Labute approximate surface area is 151 Å². The highest BCUT2D eigenvalue weighted by atomic mass is 35.5. The van der Waals surface area contributed by atoms with Crippen molar-refractivity contribution >= 4 is 44.7 Å². The van der Waals surface area contributed by atoms with Crippen molar-refractivity contribution in [3.8, 4) is 0 Å². The zero-order valence-corrected chi connectivity index (χ0v) is 15.5. The van der Waals surface area contributed by atoms with E-state index in [2.05, 4.69) is 53.4 Å². The number of thiophene rings is 1. The number of anilines is 2. The van der Waals surface area contributed by atoms with Gasteiger partial charge in [0.15, 0.2) is 0 Å². The van der Waals surface area contributed by atoms with Crippen LogP contribution < -0.4 is 5.32 Å². The average molecular weight is 358 g/mol. The summed E-state index contributed by atoms with van der Waals surface area (Å²) in [7, 11) is 0. The third kappa shape index (κ3) is 2.89. The van der Waals surface area contributed by atoms with Crippen molar-refractivity contribution in [2.75, 3.05) is 5.32 Å². The molecule has 0 bridgehead atoms. The standard InChI is InChI=1S/C19H20ClN3S/c1-3-12-5-7-13(8-6-12)21-17-16-14-9-4-11(2)10-15(14)24-18(16)23-19(20)22-17/h5-8,11H,3-4,9-10H2,1-2H3,(H,21,22,23). The van der Waals surface area contributed by atoms with E-state index in [0.29, 0.717) is 5.28 Å². The molecule has 0 aliphatic heterocycles. The van der Waals surface area contributed by atoms with E-state index in [9.17, 15) is 0 Å². The van der Waals surface area contributed by atoms with Crippen molar-refractivity contribution in [1.82, 2.24) is 9.97 Å². The molecule has 3 nitrogen and oxygen atoms in total. The van der Waals surface area contributed by atoms with E-state index in [1.165, 1.54) is 22.4 Å². The highest BCUT2D eigenvalue weighted by molar-refractivity contribution is 7.19. The first kappa shape index (κ1) is 15.9. The minimum atomic E-state index is 0.307. The lowest BCUT2D eigenvalue weighted by atomic mass is 9.89. The first-order chi connectivity index (χ1) is 11.6. The van der Waals surface area contributed by atoms with E-state index in [1.54, 1.807) is 11.3 Å². The maximum absolute atomic E-state index is 6.17. The van der Waals surface area contributed by atoms with Gasteiger partial charge in [0, 0.05) is 10.6 Å². The van der Waals surface area contributed by atoms with Crippen LogP contribution >= 0.6 is 22.9 Å². The zero-order valence-electron chi connectivity index (χ0n) is 13.9. The number of nitrogens with one attached hydrogen (secondary N) is 1. The van der Waals surface area contributed by atoms with Gasteiger partial charge in [0.25, 0.3) is 0 Å². The van der Waals surface area contributed by atoms with E-state index < -0.39 is 0 Å². The molecule has 1 aromatic carbocycles. The molecule has 0 saturated heterocycles. The lowest BCUT2D eigenvalue weighted by molar-refractivity contribution is 0.509. The fourth-order valence-corrected chi connectivity index (χ4v) is 4.97. The van der Waals surface area contributed by atoms with Crippen LogP contribution in [0, 0.1) is 5.92 Å². The fraction of sp³-hybridized carbons (Fsp3) is 0.368. The smallest absolute Gasteiger partial charge is 0.225 e. The molecule has 5 heteroatoms. The van der Waals surface area contributed by atoms with Gasteiger partial charge in [-0.25, -0.2) is 4.98 Å². The fourth-order valence-electron chi connectivity index (χ4n) is 3.37. The van der Waals surface area contributed by atoms with E-state index in [-0.39, 0.29) is 0 Å². The lowest BCUT2D eigenvalue weighted by Gasteiger charge is -2.18. The molecule has 0 amide bonds. The second-order valence-electron chi connectivity index (χ2n) is 6.55. The van der Waals surface area contributed by atoms with Crippen molar-refractivity contribution in [2.24, 2.45) is 5.92 Å².